The summed E-state index contributed by atoms with van der Waals surface area (Å²) >= 11 is 6.13. The number of benzene rings is 1. The highest BCUT2D eigenvalue weighted by Gasteiger charge is 2.26. The van der Waals surface area contributed by atoms with E-state index in [2.05, 4.69) is 19.0 Å². The van der Waals surface area contributed by atoms with Gasteiger partial charge in [-0.2, -0.15) is 0 Å². The smallest absolute Gasteiger partial charge is 0.175 e. The van der Waals surface area contributed by atoms with Gasteiger partial charge >= 0.3 is 0 Å². The van der Waals surface area contributed by atoms with Gasteiger partial charge in [0.15, 0.2) is 5.84 Å². The van der Waals surface area contributed by atoms with Gasteiger partial charge in [0.25, 0.3) is 0 Å². The number of hydrogen-bond acceptors (Lipinski definition) is 3. The number of rotatable bonds is 3. The van der Waals surface area contributed by atoms with E-state index < -0.39 is 0 Å². The third kappa shape index (κ3) is 3.37. The number of hydrogen-bond donors (Lipinski definition) is 2. The molecule has 1 aliphatic rings. The molecule has 1 aromatic rings. The summed E-state index contributed by atoms with van der Waals surface area (Å²) in [6, 6.07) is 5.32. The van der Waals surface area contributed by atoms with Gasteiger partial charge in [-0.25, -0.2) is 0 Å². The number of oxime groups is 1. The fourth-order valence-corrected chi connectivity index (χ4v) is 3.31. The van der Waals surface area contributed by atoms with Crippen molar-refractivity contribution in [3.8, 4) is 5.75 Å². The summed E-state index contributed by atoms with van der Waals surface area (Å²) in [7, 11) is 0. The molecule has 2 unspecified atom stereocenters. The highest BCUT2D eigenvalue weighted by Crippen LogP contribution is 2.33. The molecule has 4 nitrogen and oxygen atoms in total. The lowest BCUT2D eigenvalue weighted by molar-refractivity contribution is 0.101. The maximum absolute atomic E-state index is 8.88. The van der Waals surface area contributed by atoms with Crippen molar-refractivity contribution < 1.29 is 9.94 Å². The van der Waals surface area contributed by atoms with Crippen LogP contribution in [0.3, 0.4) is 0 Å². The van der Waals surface area contributed by atoms with E-state index in [1.165, 1.54) is 6.42 Å². The normalized spacial score (nSPS) is 27.4. The first-order valence-corrected chi connectivity index (χ1v) is 7.32. The fraction of sp³-hybridized carbons (Fsp3) is 0.533. The molecule has 110 valence electrons. The Hall–Kier alpha value is -1.42. The van der Waals surface area contributed by atoms with E-state index in [-0.39, 0.29) is 11.9 Å². The summed E-state index contributed by atoms with van der Waals surface area (Å²) in [6.45, 7) is 4.49. The summed E-state index contributed by atoms with van der Waals surface area (Å²) in [4.78, 5) is 0. The van der Waals surface area contributed by atoms with Crippen LogP contribution in [0.4, 0.5) is 0 Å². The molecular weight excluding hydrogens is 276 g/mol. The molecule has 0 heterocycles. The summed E-state index contributed by atoms with van der Waals surface area (Å²) in [6.07, 6.45) is 3.43. The SMILES string of the molecule is CC1CC(C)CC(Oc2cccc(Cl)c2C(N)=NO)C1. The van der Waals surface area contributed by atoms with Crippen LogP contribution in [0, 0.1) is 11.8 Å². The van der Waals surface area contributed by atoms with Gasteiger partial charge in [-0.05, 0) is 43.2 Å². The molecule has 0 bridgehead atoms. The molecule has 2 rings (SSSR count). The van der Waals surface area contributed by atoms with Crippen LogP contribution in [0.15, 0.2) is 23.4 Å². The van der Waals surface area contributed by atoms with Gasteiger partial charge in [-0.3, -0.25) is 0 Å². The van der Waals surface area contributed by atoms with E-state index in [4.69, 9.17) is 27.3 Å². The Morgan fingerprint density at radius 1 is 1.30 bits per heavy atom. The standard InChI is InChI=1S/C15H21ClN2O2/c1-9-6-10(2)8-11(7-9)20-13-5-3-4-12(16)14(13)15(17)18-19/h3-5,9-11,19H,6-8H2,1-2H3,(H2,17,18). The molecule has 1 aliphatic carbocycles. The first-order chi connectivity index (χ1) is 9.51. The lowest BCUT2D eigenvalue weighted by Crippen LogP contribution is -2.29. The van der Waals surface area contributed by atoms with E-state index in [0.717, 1.165) is 12.8 Å². The van der Waals surface area contributed by atoms with Crippen LogP contribution < -0.4 is 10.5 Å². The number of nitrogens with zero attached hydrogens (tertiary/aromatic N) is 1. The van der Waals surface area contributed by atoms with Gasteiger partial charge in [-0.1, -0.05) is 36.7 Å². The molecule has 0 aliphatic heterocycles. The highest BCUT2D eigenvalue weighted by atomic mass is 35.5. The Balaban J connectivity index is 2.23. The van der Waals surface area contributed by atoms with Gasteiger partial charge in [0.1, 0.15) is 5.75 Å². The fourth-order valence-electron chi connectivity index (χ4n) is 3.05. The zero-order chi connectivity index (χ0) is 14.7. The van der Waals surface area contributed by atoms with Crippen molar-refractivity contribution in [2.24, 2.45) is 22.7 Å². The third-order valence-electron chi connectivity index (χ3n) is 3.77. The van der Waals surface area contributed by atoms with Crippen LogP contribution in [-0.2, 0) is 0 Å². The molecule has 0 amide bonds. The van der Waals surface area contributed by atoms with E-state index in [9.17, 15) is 0 Å². The van der Waals surface area contributed by atoms with E-state index in [1.807, 2.05) is 12.1 Å². The Bertz CT molecular complexity index is 495. The van der Waals surface area contributed by atoms with Gasteiger partial charge < -0.3 is 15.7 Å². The van der Waals surface area contributed by atoms with Crippen LogP contribution >= 0.6 is 11.6 Å². The van der Waals surface area contributed by atoms with Gasteiger partial charge in [0.05, 0.1) is 16.7 Å². The highest BCUT2D eigenvalue weighted by molar-refractivity contribution is 6.34. The Morgan fingerprint density at radius 2 is 1.95 bits per heavy atom. The quantitative estimate of drug-likeness (QED) is 0.387. The molecule has 1 saturated carbocycles. The lowest BCUT2D eigenvalue weighted by Gasteiger charge is -2.32. The first-order valence-electron chi connectivity index (χ1n) is 6.94. The molecule has 3 N–H and O–H groups in total. The minimum absolute atomic E-state index is 0.0255. The van der Waals surface area contributed by atoms with E-state index in [0.29, 0.717) is 28.2 Å². The number of nitrogens with two attached hydrogens (primary N) is 1. The van der Waals surface area contributed by atoms with Crippen molar-refractivity contribution in [2.45, 2.75) is 39.2 Å². The largest absolute Gasteiger partial charge is 0.490 e. The zero-order valence-corrected chi connectivity index (χ0v) is 12.6. The average molecular weight is 297 g/mol. The topological polar surface area (TPSA) is 67.8 Å². The molecule has 0 saturated heterocycles. The molecule has 20 heavy (non-hydrogen) atoms. The zero-order valence-electron chi connectivity index (χ0n) is 11.8. The summed E-state index contributed by atoms with van der Waals surface area (Å²) in [5, 5.41) is 12.3. The molecule has 0 aromatic heterocycles. The van der Waals surface area contributed by atoms with Crippen LogP contribution in [0.25, 0.3) is 0 Å². The second-order valence-corrected chi connectivity index (χ2v) is 6.16. The van der Waals surface area contributed by atoms with Gasteiger partial charge in [-0.15, -0.1) is 0 Å². The Kier molecular flexibility index (Phi) is 4.76. The third-order valence-corrected chi connectivity index (χ3v) is 4.08. The number of amidine groups is 1. The molecular formula is C15H21ClN2O2. The van der Waals surface area contributed by atoms with Crippen molar-refractivity contribution in [1.82, 2.24) is 0 Å². The predicted octanol–water partition coefficient (Wildman–Crippen LogP) is 3.64. The minimum Gasteiger partial charge on any atom is -0.490 e. The maximum Gasteiger partial charge on any atom is 0.175 e. The van der Waals surface area contributed by atoms with Gasteiger partial charge in [0, 0.05) is 0 Å². The number of ether oxygens (including phenoxy) is 1. The van der Waals surface area contributed by atoms with Gasteiger partial charge in [0.2, 0.25) is 0 Å². The minimum atomic E-state index is -0.0255. The number of halogens is 1. The maximum atomic E-state index is 8.88. The van der Waals surface area contributed by atoms with Crippen molar-refractivity contribution in [3.63, 3.8) is 0 Å². The summed E-state index contributed by atoms with van der Waals surface area (Å²) in [5.74, 6) is 1.85. The van der Waals surface area contributed by atoms with Crippen molar-refractivity contribution in [1.29, 1.82) is 0 Å². The molecule has 0 spiro atoms. The van der Waals surface area contributed by atoms with Crippen LogP contribution in [0.2, 0.25) is 5.02 Å². The van der Waals surface area contributed by atoms with Crippen LogP contribution in [0.1, 0.15) is 38.7 Å². The molecule has 1 fully saturated rings. The Morgan fingerprint density at radius 3 is 2.55 bits per heavy atom. The molecule has 0 radical (unpaired) electrons. The van der Waals surface area contributed by atoms with Crippen molar-refractivity contribution in [3.05, 3.63) is 28.8 Å². The van der Waals surface area contributed by atoms with Crippen molar-refractivity contribution in [2.75, 3.05) is 0 Å². The van der Waals surface area contributed by atoms with E-state index in [1.54, 1.807) is 6.07 Å². The average Bonchev–Trinajstić information content (AvgIpc) is 2.37. The van der Waals surface area contributed by atoms with E-state index >= 15 is 0 Å². The second-order valence-electron chi connectivity index (χ2n) is 5.76. The first kappa shape index (κ1) is 15.0. The monoisotopic (exact) mass is 296 g/mol. The van der Waals surface area contributed by atoms with Crippen LogP contribution in [0.5, 0.6) is 5.75 Å². The Labute approximate surface area is 124 Å². The molecule has 5 heteroatoms. The van der Waals surface area contributed by atoms with Crippen LogP contribution in [-0.4, -0.2) is 17.1 Å². The lowest BCUT2D eigenvalue weighted by atomic mass is 9.82. The summed E-state index contributed by atoms with van der Waals surface area (Å²) in [5.41, 5.74) is 6.15. The van der Waals surface area contributed by atoms with Crippen molar-refractivity contribution >= 4 is 17.4 Å². The summed E-state index contributed by atoms with van der Waals surface area (Å²) < 4.78 is 6.07. The molecule has 2 atom stereocenters. The predicted molar refractivity (Wildman–Crippen MR) is 80.6 cm³/mol. The molecule has 1 aromatic carbocycles. The second kappa shape index (κ2) is 6.35.